The summed E-state index contributed by atoms with van der Waals surface area (Å²) >= 11 is 0. The van der Waals surface area contributed by atoms with E-state index < -0.39 is 11.8 Å². The van der Waals surface area contributed by atoms with E-state index in [1.54, 1.807) is 42.5 Å². The van der Waals surface area contributed by atoms with Crippen LogP contribution in [0.3, 0.4) is 0 Å². The van der Waals surface area contributed by atoms with Crippen molar-refractivity contribution in [3.63, 3.8) is 0 Å². The standard InChI is InChI=1S/C20H13FO3/c21-18-9-5-4-8-17(18)20(23)24-16-12-10-15(11-13-16)19(22)14-6-2-1-3-7-14/h1-13H. The first kappa shape index (κ1) is 15.6. The van der Waals surface area contributed by atoms with Crippen molar-refractivity contribution in [1.82, 2.24) is 0 Å². The Bertz CT molecular complexity index is 871. The first-order valence-electron chi connectivity index (χ1n) is 7.31. The molecule has 0 heterocycles. The van der Waals surface area contributed by atoms with E-state index in [1.807, 2.05) is 6.07 Å². The van der Waals surface area contributed by atoms with Gasteiger partial charge in [0.2, 0.25) is 0 Å². The molecular formula is C20H13FO3. The molecule has 0 aliphatic rings. The largest absolute Gasteiger partial charge is 0.423 e. The van der Waals surface area contributed by atoms with Gasteiger partial charge in [0.05, 0.1) is 5.56 Å². The Hall–Kier alpha value is -3.27. The summed E-state index contributed by atoms with van der Waals surface area (Å²) in [4.78, 5) is 24.2. The van der Waals surface area contributed by atoms with Gasteiger partial charge in [0, 0.05) is 11.1 Å². The van der Waals surface area contributed by atoms with Gasteiger partial charge in [-0.15, -0.1) is 0 Å². The predicted octanol–water partition coefficient (Wildman–Crippen LogP) is 4.28. The molecule has 3 nitrogen and oxygen atoms in total. The normalized spacial score (nSPS) is 10.2. The molecule has 0 amide bonds. The molecule has 0 aromatic heterocycles. The van der Waals surface area contributed by atoms with Crippen LogP contribution in [0, 0.1) is 5.82 Å². The van der Waals surface area contributed by atoms with E-state index in [-0.39, 0.29) is 17.1 Å². The van der Waals surface area contributed by atoms with Crippen molar-refractivity contribution in [3.05, 3.63) is 101 Å². The second-order valence-corrected chi connectivity index (χ2v) is 5.09. The molecule has 3 aromatic carbocycles. The lowest BCUT2D eigenvalue weighted by molar-refractivity contribution is 0.0730. The lowest BCUT2D eigenvalue weighted by atomic mass is 10.0. The zero-order valence-corrected chi connectivity index (χ0v) is 12.6. The maximum Gasteiger partial charge on any atom is 0.346 e. The fourth-order valence-electron chi connectivity index (χ4n) is 2.22. The second-order valence-electron chi connectivity index (χ2n) is 5.09. The summed E-state index contributed by atoms with van der Waals surface area (Å²) in [6, 6.07) is 20.6. The number of ketones is 1. The molecule has 0 saturated carbocycles. The van der Waals surface area contributed by atoms with Gasteiger partial charge in [0.1, 0.15) is 11.6 Å². The average molecular weight is 320 g/mol. The fourth-order valence-corrected chi connectivity index (χ4v) is 2.22. The van der Waals surface area contributed by atoms with E-state index in [9.17, 15) is 14.0 Å². The van der Waals surface area contributed by atoms with Gasteiger partial charge >= 0.3 is 5.97 Å². The van der Waals surface area contributed by atoms with Crippen LogP contribution in [0.2, 0.25) is 0 Å². The smallest absolute Gasteiger partial charge is 0.346 e. The zero-order chi connectivity index (χ0) is 16.9. The van der Waals surface area contributed by atoms with E-state index in [0.717, 1.165) is 0 Å². The summed E-state index contributed by atoms with van der Waals surface area (Å²) in [5, 5.41) is 0. The number of esters is 1. The molecule has 24 heavy (non-hydrogen) atoms. The van der Waals surface area contributed by atoms with Crippen LogP contribution < -0.4 is 4.74 Å². The van der Waals surface area contributed by atoms with Crippen molar-refractivity contribution < 1.29 is 18.7 Å². The molecule has 0 unspecified atom stereocenters. The van der Waals surface area contributed by atoms with Crippen molar-refractivity contribution in [2.24, 2.45) is 0 Å². The number of carbonyl (C=O) groups is 2. The summed E-state index contributed by atoms with van der Waals surface area (Å²) < 4.78 is 18.7. The van der Waals surface area contributed by atoms with E-state index in [4.69, 9.17) is 4.74 Å². The number of rotatable bonds is 4. The highest BCUT2D eigenvalue weighted by atomic mass is 19.1. The van der Waals surface area contributed by atoms with E-state index >= 15 is 0 Å². The van der Waals surface area contributed by atoms with E-state index in [2.05, 4.69) is 0 Å². The molecule has 0 atom stereocenters. The molecule has 0 saturated heterocycles. The molecule has 118 valence electrons. The Kier molecular flexibility index (Phi) is 4.47. The van der Waals surface area contributed by atoms with Crippen molar-refractivity contribution in [2.75, 3.05) is 0 Å². The highest BCUT2D eigenvalue weighted by Crippen LogP contribution is 2.17. The highest BCUT2D eigenvalue weighted by Gasteiger charge is 2.14. The topological polar surface area (TPSA) is 43.4 Å². The fraction of sp³-hybridized carbons (Fsp3) is 0. The van der Waals surface area contributed by atoms with Crippen LogP contribution in [0.15, 0.2) is 78.9 Å². The van der Waals surface area contributed by atoms with Gasteiger partial charge in [-0.2, -0.15) is 0 Å². The minimum atomic E-state index is -0.782. The van der Waals surface area contributed by atoms with Gasteiger partial charge in [0.25, 0.3) is 0 Å². The third-order valence-corrected chi connectivity index (χ3v) is 3.46. The number of halogens is 1. The van der Waals surface area contributed by atoms with Crippen molar-refractivity contribution in [2.45, 2.75) is 0 Å². The Morgan fingerprint density at radius 3 is 1.96 bits per heavy atom. The number of hydrogen-bond acceptors (Lipinski definition) is 3. The predicted molar refractivity (Wildman–Crippen MR) is 87.7 cm³/mol. The number of ether oxygens (including phenoxy) is 1. The third-order valence-electron chi connectivity index (χ3n) is 3.46. The number of benzene rings is 3. The molecule has 0 radical (unpaired) electrons. The summed E-state index contributed by atoms with van der Waals surface area (Å²) in [7, 11) is 0. The Balaban J connectivity index is 1.74. The number of carbonyl (C=O) groups excluding carboxylic acids is 2. The minimum Gasteiger partial charge on any atom is -0.423 e. The van der Waals surface area contributed by atoms with Crippen LogP contribution in [0.1, 0.15) is 26.3 Å². The molecule has 0 bridgehead atoms. The first-order valence-corrected chi connectivity index (χ1v) is 7.31. The van der Waals surface area contributed by atoms with Gasteiger partial charge in [-0.25, -0.2) is 9.18 Å². The lowest BCUT2D eigenvalue weighted by Gasteiger charge is -2.06. The molecule has 0 fully saturated rings. The second kappa shape index (κ2) is 6.87. The van der Waals surface area contributed by atoms with E-state index in [0.29, 0.717) is 11.1 Å². The van der Waals surface area contributed by atoms with Gasteiger partial charge in [-0.1, -0.05) is 42.5 Å². The molecule has 0 aliphatic heterocycles. The maximum atomic E-state index is 13.6. The quantitative estimate of drug-likeness (QED) is 0.409. The van der Waals surface area contributed by atoms with Crippen LogP contribution in [-0.2, 0) is 0 Å². The summed E-state index contributed by atoms with van der Waals surface area (Å²) in [6.07, 6.45) is 0. The molecule has 0 spiro atoms. The summed E-state index contributed by atoms with van der Waals surface area (Å²) in [6.45, 7) is 0. The lowest BCUT2D eigenvalue weighted by Crippen LogP contribution is -2.10. The third kappa shape index (κ3) is 3.38. The molecular weight excluding hydrogens is 307 g/mol. The van der Waals surface area contributed by atoms with Crippen molar-refractivity contribution in [1.29, 1.82) is 0 Å². The zero-order valence-electron chi connectivity index (χ0n) is 12.6. The minimum absolute atomic E-state index is 0.123. The number of hydrogen-bond donors (Lipinski definition) is 0. The molecule has 3 rings (SSSR count). The van der Waals surface area contributed by atoms with Crippen LogP contribution in [-0.4, -0.2) is 11.8 Å². The van der Waals surface area contributed by atoms with Crippen molar-refractivity contribution in [3.8, 4) is 5.75 Å². The maximum absolute atomic E-state index is 13.6. The first-order chi connectivity index (χ1) is 11.6. The molecule has 3 aromatic rings. The summed E-state index contributed by atoms with van der Waals surface area (Å²) in [5.41, 5.74) is 0.919. The monoisotopic (exact) mass is 320 g/mol. The van der Waals surface area contributed by atoms with Gasteiger partial charge in [-0.05, 0) is 36.4 Å². The highest BCUT2D eigenvalue weighted by molar-refractivity contribution is 6.09. The van der Waals surface area contributed by atoms with Crippen molar-refractivity contribution >= 4 is 11.8 Å². The van der Waals surface area contributed by atoms with Crippen LogP contribution in [0.25, 0.3) is 0 Å². The average Bonchev–Trinajstić information content (AvgIpc) is 2.63. The molecule has 4 heteroatoms. The van der Waals surface area contributed by atoms with Gasteiger partial charge in [0.15, 0.2) is 5.78 Å². The molecule has 0 aliphatic carbocycles. The van der Waals surface area contributed by atoms with Gasteiger partial charge in [-0.3, -0.25) is 4.79 Å². The molecule has 0 N–H and O–H groups in total. The van der Waals surface area contributed by atoms with E-state index in [1.165, 1.54) is 30.3 Å². The van der Waals surface area contributed by atoms with Crippen LogP contribution in [0.4, 0.5) is 4.39 Å². The SMILES string of the molecule is O=C(c1ccccc1)c1ccc(OC(=O)c2ccccc2F)cc1. The van der Waals surface area contributed by atoms with Crippen LogP contribution in [0.5, 0.6) is 5.75 Å². The Morgan fingerprint density at radius 2 is 1.29 bits per heavy atom. The van der Waals surface area contributed by atoms with Crippen LogP contribution >= 0.6 is 0 Å². The summed E-state index contributed by atoms with van der Waals surface area (Å²) in [5.74, 6) is -1.30. The Morgan fingerprint density at radius 1 is 0.708 bits per heavy atom. The Labute approximate surface area is 138 Å². The van der Waals surface area contributed by atoms with Gasteiger partial charge < -0.3 is 4.74 Å².